The number of rotatable bonds is 2. The lowest BCUT2D eigenvalue weighted by molar-refractivity contribution is -0.146. The molecule has 1 atom stereocenters. The number of nitrogens with zero attached hydrogens (tertiary/aromatic N) is 2. The number of hydrazine groups is 2. The molecular formula is C6H13N3O. The molecule has 0 aromatic heterocycles. The Morgan fingerprint density at radius 3 is 2.50 bits per heavy atom. The molecule has 1 N–H and O–H groups in total. The van der Waals surface area contributed by atoms with Crippen LogP contribution in [-0.2, 0) is 4.79 Å². The molecule has 1 saturated heterocycles. The van der Waals surface area contributed by atoms with Crippen molar-refractivity contribution >= 4 is 5.78 Å². The van der Waals surface area contributed by atoms with Gasteiger partial charge in [0.05, 0.1) is 12.6 Å². The molecule has 0 saturated carbocycles. The van der Waals surface area contributed by atoms with Crippen molar-refractivity contribution in [3.05, 3.63) is 0 Å². The summed E-state index contributed by atoms with van der Waals surface area (Å²) in [5.41, 5.74) is 2.99. The van der Waals surface area contributed by atoms with Crippen LogP contribution in [0.5, 0.6) is 0 Å². The van der Waals surface area contributed by atoms with Crippen LogP contribution in [0.25, 0.3) is 0 Å². The molecule has 0 radical (unpaired) electrons. The molecular weight excluding hydrogens is 130 g/mol. The molecule has 0 aliphatic carbocycles. The average molecular weight is 143 g/mol. The third kappa shape index (κ3) is 1.34. The largest absolute Gasteiger partial charge is 0.298 e. The second-order valence-corrected chi connectivity index (χ2v) is 2.72. The van der Waals surface area contributed by atoms with Crippen LogP contribution in [0.1, 0.15) is 6.92 Å². The van der Waals surface area contributed by atoms with Gasteiger partial charge in [0, 0.05) is 14.1 Å². The number of nitrogens with one attached hydrogen (secondary N) is 1. The van der Waals surface area contributed by atoms with Gasteiger partial charge in [0.2, 0.25) is 0 Å². The molecule has 4 nitrogen and oxygen atoms in total. The van der Waals surface area contributed by atoms with Crippen molar-refractivity contribution < 1.29 is 4.79 Å². The van der Waals surface area contributed by atoms with E-state index in [9.17, 15) is 4.79 Å². The summed E-state index contributed by atoms with van der Waals surface area (Å²) in [7, 11) is 3.87. The molecule has 0 amide bonds. The van der Waals surface area contributed by atoms with Crippen LogP contribution in [0.3, 0.4) is 0 Å². The number of carbonyl (C=O) groups is 1. The SMILES string of the molecule is CC(=O)C1CN(N(C)C)N1. The van der Waals surface area contributed by atoms with Gasteiger partial charge in [0.25, 0.3) is 0 Å². The Balaban J connectivity index is 2.24. The van der Waals surface area contributed by atoms with Gasteiger partial charge in [-0.25, -0.2) is 10.4 Å². The topological polar surface area (TPSA) is 35.6 Å². The van der Waals surface area contributed by atoms with E-state index in [-0.39, 0.29) is 11.8 Å². The molecule has 0 aromatic carbocycles. The first-order chi connectivity index (χ1) is 4.61. The van der Waals surface area contributed by atoms with Gasteiger partial charge in [-0.2, -0.15) is 5.12 Å². The normalized spacial score (nSPS) is 26.6. The maximum Gasteiger partial charge on any atom is 0.149 e. The number of carbonyl (C=O) groups excluding carboxylic acids is 1. The summed E-state index contributed by atoms with van der Waals surface area (Å²) in [6.45, 7) is 2.40. The number of Topliss-reactive ketones (excluding diaryl/α,β-unsaturated/α-hetero) is 1. The summed E-state index contributed by atoms with van der Waals surface area (Å²) in [6, 6.07) is 0.0439. The standard InChI is InChI=1S/C6H13N3O/c1-5(10)6-4-9(7-6)8(2)3/h6-7H,4H2,1-3H3. The summed E-state index contributed by atoms with van der Waals surface area (Å²) < 4.78 is 0. The van der Waals surface area contributed by atoms with E-state index in [2.05, 4.69) is 5.43 Å². The van der Waals surface area contributed by atoms with Gasteiger partial charge < -0.3 is 0 Å². The molecule has 4 heteroatoms. The molecule has 1 aliphatic heterocycles. The molecule has 1 aliphatic rings. The summed E-state index contributed by atoms with van der Waals surface area (Å²) >= 11 is 0. The second kappa shape index (κ2) is 2.65. The highest BCUT2D eigenvalue weighted by molar-refractivity contribution is 5.82. The van der Waals surface area contributed by atoms with E-state index in [4.69, 9.17) is 0 Å². The second-order valence-electron chi connectivity index (χ2n) is 2.72. The van der Waals surface area contributed by atoms with Crippen molar-refractivity contribution in [3.63, 3.8) is 0 Å². The van der Waals surface area contributed by atoms with Gasteiger partial charge in [0.15, 0.2) is 0 Å². The van der Waals surface area contributed by atoms with Gasteiger partial charge in [-0.1, -0.05) is 0 Å². The number of ketones is 1. The van der Waals surface area contributed by atoms with Crippen LogP contribution >= 0.6 is 0 Å². The molecule has 58 valence electrons. The van der Waals surface area contributed by atoms with Crippen LogP contribution in [-0.4, -0.2) is 42.6 Å². The minimum atomic E-state index is 0.0439. The molecule has 10 heavy (non-hydrogen) atoms. The Labute approximate surface area is 60.7 Å². The van der Waals surface area contributed by atoms with E-state index in [0.29, 0.717) is 0 Å². The average Bonchev–Trinajstić information content (AvgIpc) is 1.56. The summed E-state index contributed by atoms with van der Waals surface area (Å²) in [5, 5.41) is 3.81. The first kappa shape index (κ1) is 7.65. The highest BCUT2D eigenvalue weighted by Gasteiger charge is 2.30. The van der Waals surface area contributed by atoms with Crippen LogP contribution in [0.15, 0.2) is 0 Å². The number of hydrogen-bond acceptors (Lipinski definition) is 4. The van der Waals surface area contributed by atoms with Gasteiger partial charge in [-0.05, 0) is 6.92 Å². The Kier molecular flexibility index (Phi) is 2.03. The Morgan fingerprint density at radius 2 is 2.20 bits per heavy atom. The van der Waals surface area contributed by atoms with E-state index >= 15 is 0 Å². The molecule has 0 spiro atoms. The molecule has 0 bridgehead atoms. The van der Waals surface area contributed by atoms with Crippen molar-refractivity contribution in [2.45, 2.75) is 13.0 Å². The minimum absolute atomic E-state index is 0.0439. The zero-order chi connectivity index (χ0) is 7.72. The monoisotopic (exact) mass is 143 g/mol. The fourth-order valence-electron chi connectivity index (χ4n) is 0.832. The summed E-state index contributed by atoms with van der Waals surface area (Å²) in [5.74, 6) is 0.207. The highest BCUT2D eigenvalue weighted by Crippen LogP contribution is 2.04. The predicted octanol–water partition coefficient (Wildman–Crippen LogP) is -0.759. The van der Waals surface area contributed by atoms with Crippen LogP contribution in [0.2, 0.25) is 0 Å². The van der Waals surface area contributed by atoms with Crippen molar-refractivity contribution in [2.75, 3.05) is 20.6 Å². The Bertz CT molecular complexity index is 140. The lowest BCUT2D eigenvalue weighted by Crippen LogP contribution is -2.68. The van der Waals surface area contributed by atoms with Gasteiger partial charge >= 0.3 is 0 Å². The Hall–Kier alpha value is -0.450. The van der Waals surface area contributed by atoms with Crippen LogP contribution in [0, 0.1) is 0 Å². The predicted molar refractivity (Wildman–Crippen MR) is 38.0 cm³/mol. The third-order valence-electron chi connectivity index (χ3n) is 1.63. The highest BCUT2D eigenvalue weighted by atomic mass is 16.1. The maximum absolute atomic E-state index is 10.7. The fraction of sp³-hybridized carbons (Fsp3) is 0.833. The quantitative estimate of drug-likeness (QED) is 0.551. The van der Waals surface area contributed by atoms with Crippen LogP contribution < -0.4 is 5.43 Å². The first-order valence-electron chi connectivity index (χ1n) is 3.32. The lowest BCUT2D eigenvalue weighted by Gasteiger charge is -2.42. The molecule has 1 fully saturated rings. The van der Waals surface area contributed by atoms with E-state index in [1.165, 1.54) is 0 Å². The minimum Gasteiger partial charge on any atom is -0.298 e. The van der Waals surface area contributed by atoms with Crippen molar-refractivity contribution in [3.8, 4) is 0 Å². The smallest absolute Gasteiger partial charge is 0.149 e. The summed E-state index contributed by atoms with van der Waals surface area (Å²) in [6.07, 6.45) is 0. The molecule has 1 rings (SSSR count). The lowest BCUT2D eigenvalue weighted by atomic mass is 10.2. The molecule has 0 aromatic rings. The molecule has 1 unspecified atom stereocenters. The van der Waals surface area contributed by atoms with E-state index in [1.807, 2.05) is 24.2 Å². The maximum atomic E-state index is 10.7. The van der Waals surface area contributed by atoms with Crippen molar-refractivity contribution in [1.29, 1.82) is 0 Å². The summed E-state index contributed by atoms with van der Waals surface area (Å²) in [4.78, 5) is 10.7. The third-order valence-corrected chi connectivity index (χ3v) is 1.63. The van der Waals surface area contributed by atoms with Crippen molar-refractivity contribution in [2.24, 2.45) is 0 Å². The van der Waals surface area contributed by atoms with Gasteiger partial charge in [-0.15, -0.1) is 0 Å². The van der Waals surface area contributed by atoms with Gasteiger partial charge in [0.1, 0.15) is 5.78 Å². The number of hydrogen-bond donors (Lipinski definition) is 1. The molecule has 1 heterocycles. The zero-order valence-electron chi connectivity index (χ0n) is 6.59. The van der Waals surface area contributed by atoms with E-state index in [1.54, 1.807) is 6.92 Å². The van der Waals surface area contributed by atoms with E-state index in [0.717, 1.165) is 6.54 Å². The van der Waals surface area contributed by atoms with Gasteiger partial charge in [-0.3, -0.25) is 4.79 Å². The zero-order valence-corrected chi connectivity index (χ0v) is 6.59. The fourth-order valence-corrected chi connectivity index (χ4v) is 0.832. The van der Waals surface area contributed by atoms with Crippen molar-refractivity contribution in [1.82, 2.24) is 15.6 Å². The first-order valence-corrected chi connectivity index (χ1v) is 3.32. The van der Waals surface area contributed by atoms with E-state index < -0.39 is 0 Å². The van der Waals surface area contributed by atoms with Crippen LogP contribution in [0.4, 0.5) is 0 Å². The Morgan fingerprint density at radius 1 is 1.70 bits per heavy atom.